The zero-order valence-electron chi connectivity index (χ0n) is 13.8. The van der Waals surface area contributed by atoms with Crippen molar-refractivity contribution in [2.24, 2.45) is 0 Å². The molecule has 2 rings (SSSR count). The molecular weight excluding hydrogens is 290 g/mol. The second kappa shape index (κ2) is 8.22. The normalized spacial score (nSPS) is 11.6. The molecular formula is C19H23NO3. The molecule has 1 N–H and O–H groups in total. The van der Waals surface area contributed by atoms with Crippen molar-refractivity contribution in [1.82, 2.24) is 0 Å². The van der Waals surface area contributed by atoms with Gasteiger partial charge in [-0.15, -0.1) is 0 Å². The number of rotatable bonds is 7. The molecule has 0 aliphatic heterocycles. The van der Waals surface area contributed by atoms with Gasteiger partial charge in [-0.2, -0.15) is 0 Å². The van der Waals surface area contributed by atoms with E-state index < -0.39 is 6.10 Å². The number of aryl methyl sites for hydroxylation is 1. The number of ether oxygens (including phenoxy) is 2. The first-order chi connectivity index (χ1) is 11.1. The van der Waals surface area contributed by atoms with Crippen LogP contribution in [0, 0.1) is 0 Å². The molecule has 4 nitrogen and oxygen atoms in total. The highest BCUT2D eigenvalue weighted by Crippen LogP contribution is 2.17. The molecule has 2 aromatic carbocycles. The summed E-state index contributed by atoms with van der Waals surface area (Å²) >= 11 is 0. The lowest BCUT2D eigenvalue weighted by Crippen LogP contribution is -2.30. The summed E-state index contributed by atoms with van der Waals surface area (Å²) in [6, 6.07) is 15.1. The quantitative estimate of drug-likeness (QED) is 0.838. The first kappa shape index (κ1) is 16.9. The summed E-state index contributed by atoms with van der Waals surface area (Å²) in [5.74, 6) is 1.29. The summed E-state index contributed by atoms with van der Waals surface area (Å²) in [5.41, 5.74) is 1.96. The lowest BCUT2D eigenvalue weighted by Gasteiger charge is -2.15. The first-order valence-corrected chi connectivity index (χ1v) is 7.91. The Labute approximate surface area is 137 Å². The van der Waals surface area contributed by atoms with Gasteiger partial charge in [0.05, 0.1) is 6.61 Å². The molecule has 0 fully saturated rings. The highest BCUT2D eigenvalue weighted by molar-refractivity contribution is 5.94. The van der Waals surface area contributed by atoms with Gasteiger partial charge in [0.25, 0.3) is 5.91 Å². The largest absolute Gasteiger partial charge is 0.494 e. The van der Waals surface area contributed by atoms with E-state index in [0.717, 1.165) is 17.9 Å². The minimum atomic E-state index is -0.575. The molecule has 0 unspecified atom stereocenters. The van der Waals surface area contributed by atoms with Crippen LogP contribution >= 0.6 is 0 Å². The van der Waals surface area contributed by atoms with E-state index in [2.05, 4.69) is 12.2 Å². The predicted molar refractivity (Wildman–Crippen MR) is 92.2 cm³/mol. The van der Waals surface area contributed by atoms with Gasteiger partial charge in [-0.25, -0.2) is 0 Å². The van der Waals surface area contributed by atoms with Crippen LogP contribution < -0.4 is 14.8 Å². The fourth-order valence-electron chi connectivity index (χ4n) is 2.11. The Morgan fingerprint density at radius 2 is 1.61 bits per heavy atom. The van der Waals surface area contributed by atoms with Crippen molar-refractivity contribution in [2.75, 3.05) is 11.9 Å². The van der Waals surface area contributed by atoms with Gasteiger partial charge in [0.15, 0.2) is 6.10 Å². The minimum Gasteiger partial charge on any atom is -0.494 e. The second-order valence-electron chi connectivity index (χ2n) is 5.20. The lowest BCUT2D eigenvalue weighted by molar-refractivity contribution is -0.122. The summed E-state index contributed by atoms with van der Waals surface area (Å²) in [4.78, 5) is 12.2. The third kappa shape index (κ3) is 5.02. The Bertz CT molecular complexity index is 620. The van der Waals surface area contributed by atoms with Crippen molar-refractivity contribution in [2.45, 2.75) is 33.3 Å². The number of amides is 1. The molecule has 0 aromatic heterocycles. The highest BCUT2D eigenvalue weighted by atomic mass is 16.5. The lowest BCUT2D eigenvalue weighted by atomic mass is 10.2. The molecule has 0 radical (unpaired) electrons. The van der Waals surface area contributed by atoms with E-state index >= 15 is 0 Å². The van der Waals surface area contributed by atoms with E-state index in [0.29, 0.717) is 12.4 Å². The van der Waals surface area contributed by atoms with Gasteiger partial charge in [-0.05, 0) is 62.2 Å². The van der Waals surface area contributed by atoms with Crippen LogP contribution in [0.1, 0.15) is 26.3 Å². The maximum atomic E-state index is 12.2. The van der Waals surface area contributed by atoms with Crippen LogP contribution in [0.4, 0.5) is 5.69 Å². The van der Waals surface area contributed by atoms with Crippen molar-refractivity contribution in [1.29, 1.82) is 0 Å². The Balaban J connectivity index is 1.90. The van der Waals surface area contributed by atoms with Crippen LogP contribution in [-0.4, -0.2) is 18.6 Å². The van der Waals surface area contributed by atoms with Crippen molar-refractivity contribution in [3.63, 3.8) is 0 Å². The standard InChI is InChI=1S/C19H23NO3/c1-4-15-6-10-18(11-7-15)23-14(3)19(21)20-16-8-12-17(13-9-16)22-5-2/h6-14H,4-5H2,1-3H3,(H,20,21)/t14-/m0/s1. The Morgan fingerprint density at radius 1 is 1.00 bits per heavy atom. The molecule has 0 spiro atoms. The van der Waals surface area contributed by atoms with Crippen LogP contribution in [0.5, 0.6) is 11.5 Å². The van der Waals surface area contributed by atoms with Gasteiger partial charge in [-0.1, -0.05) is 19.1 Å². The van der Waals surface area contributed by atoms with Crippen LogP contribution in [0.3, 0.4) is 0 Å². The average molecular weight is 313 g/mol. The summed E-state index contributed by atoms with van der Waals surface area (Å²) < 4.78 is 11.0. The number of anilines is 1. The molecule has 1 amide bonds. The molecule has 0 saturated heterocycles. The predicted octanol–water partition coefficient (Wildman–Crippen LogP) is 4.05. The first-order valence-electron chi connectivity index (χ1n) is 7.91. The van der Waals surface area contributed by atoms with Crippen LogP contribution in [0.25, 0.3) is 0 Å². The summed E-state index contributed by atoms with van der Waals surface area (Å²) in [5, 5.41) is 2.83. The van der Waals surface area contributed by atoms with Gasteiger partial charge < -0.3 is 14.8 Å². The molecule has 1 atom stereocenters. The Hall–Kier alpha value is -2.49. The van der Waals surface area contributed by atoms with E-state index in [1.807, 2.05) is 55.5 Å². The highest BCUT2D eigenvalue weighted by Gasteiger charge is 2.14. The number of benzene rings is 2. The second-order valence-corrected chi connectivity index (χ2v) is 5.20. The Kier molecular flexibility index (Phi) is 6.03. The van der Waals surface area contributed by atoms with E-state index in [9.17, 15) is 4.79 Å². The fraction of sp³-hybridized carbons (Fsp3) is 0.316. The summed E-state index contributed by atoms with van der Waals surface area (Å²) in [7, 11) is 0. The molecule has 0 saturated carbocycles. The SMILES string of the molecule is CCOc1ccc(NC(=O)[C@H](C)Oc2ccc(CC)cc2)cc1. The zero-order chi connectivity index (χ0) is 16.7. The van der Waals surface area contributed by atoms with Gasteiger partial charge in [-0.3, -0.25) is 4.79 Å². The summed E-state index contributed by atoms with van der Waals surface area (Å²) in [6.45, 7) is 6.38. The molecule has 4 heteroatoms. The molecule has 0 aliphatic rings. The number of carbonyl (C=O) groups is 1. The van der Waals surface area contributed by atoms with Crippen molar-refractivity contribution >= 4 is 11.6 Å². The molecule has 0 heterocycles. The van der Waals surface area contributed by atoms with E-state index in [1.165, 1.54) is 5.56 Å². The van der Waals surface area contributed by atoms with Crippen molar-refractivity contribution in [3.05, 3.63) is 54.1 Å². The van der Waals surface area contributed by atoms with Crippen LogP contribution in [-0.2, 0) is 11.2 Å². The fourth-order valence-corrected chi connectivity index (χ4v) is 2.11. The minimum absolute atomic E-state index is 0.186. The third-order valence-corrected chi connectivity index (χ3v) is 3.45. The topological polar surface area (TPSA) is 47.6 Å². The van der Waals surface area contributed by atoms with Crippen LogP contribution in [0.15, 0.2) is 48.5 Å². The average Bonchev–Trinajstić information content (AvgIpc) is 2.57. The molecule has 23 heavy (non-hydrogen) atoms. The zero-order valence-corrected chi connectivity index (χ0v) is 13.8. The number of nitrogens with one attached hydrogen (secondary N) is 1. The monoisotopic (exact) mass is 313 g/mol. The molecule has 2 aromatic rings. The van der Waals surface area contributed by atoms with Gasteiger partial charge in [0, 0.05) is 5.69 Å². The maximum absolute atomic E-state index is 12.2. The van der Waals surface area contributed by atoms with Gasteiger partial charge in [0.1, 0.15) is 11.5 Å². The van der Waals surface area contributed by atoms with E-state index in [4.69, 9.17) is 9.47 Å². The number of hydrogen-bond acceptors (Lipinski definition) is 3. The summed E-state index contributed by atoms with van der Waals surface area (Å²) in [6.07, 6.45) is 0.405. The smallest absolute Gasteiger partial charge is 0.265 e. The number of carbonyl (C=O) groups excluding carboxylic acids is 1. The Morgan fingerprint density at radius 3 is 2.17 bits per heavy atom. The third-order valence-electron chi connectivity index (χ3n) is 3.45. The molecule has 0 bridgehead atoms. The van der Waals surface area contributed by atoms with Gasteiger partial charge in [0.2, 0.25) is 0 Å². The number of hydrogen-bond donors (Lipinski definition) is 1. The van der Waals surface area contributed by atoms with Crippen molar-refractivity contribution in [3.8, 4) is 11.5 Å². The van der Waals surface area contributed by atoms with E-state index in [-0.39, 0.29) is 5.91 Å². The van der Waals surface area contributed by atoms with Crippen molar-refractivity contribution < 1.29 is 14.3 Å². The molecule has 0 aliphatic carbocycles. The molecule has 122 valence electrons. The maximum Gasteiger partial charge on any atom is 0.265 e. The van der Waals surface area contributed by atoms with Gasteiger partial charge >= 0.3 is 0 Å². The van der Waals surface area contributed by atoms with E-state index in [1.54, 1.807) is 6.92 Å². The van der Waals surface area contributed by atoms with Crippen LogP contribution in [0.2, 0.25) is 0 Å².